The quantitative estimate of drug-likeness (QED) is 0.526. The van der Waals surface area contributed by atoms with Crippen LogP contribution in [0.25, 0.3) is 0 Å². The van der Waals surface area contributed by atoms with E-state index in [0.29, 0.717) is 17.8 Å². The van der Waals surface area contributed by atoms with Crippen molar-refractivity contribution in [2.45, 2.75) is 44.7 Å². The second-order valence-electron chi connectivity index (χ2n) is 9.54. The van der Waals surface area contributed by atoms with E-state index < -0.39 is 30.4 Å². The molecule has 4 atom stereocenters. The van der Waals surface area contributed by atoms with Crippen LogP contribution in [0.5, 0.6) is 0 Å². The zero-order chi connectivity index (χ0) is 27.2. The number of benzene rings is 2. The molecule has 4 rings (SSSR count). The van der Waals surface area contributed by atoms with E-state index in [1.807, 2.05) is 30.3 Å². The Bertz CT molecular complexity index is 1210. The fraction of sp³-hybridized carbons (Fsp3) is 0.345. The third-order valence-electron chi connectivity index (χ3n) is 6.67. The third-order valence-corrected chi connectivity index (χ3v) is 6.67. The van der Waals surface area contributed by atoms with Crippen LogP contribution in [-0.4, -0.2) is 64.7 Å². The molecule has 2 aromatic carbocycles. The van der Waals surface area contributed by atoms with Gasteiger partial charge < -0.3 is 20.1 Å². The second kappa shape index (κ2) is 12.0. The average Bonchev–Trinajstić information content (AvgIpc) is 3.28. The van der Waals surface area contributed by atoms with Gasteiger partial charge in [0.1, 0.15) is 12.3 Å². The highest BCUT2D eigenvalue weighted by Gasteiger charge is 2.35. The first kappa shape index (κ1) is 27.1. The van der Waals surface area contributed by atoms with Crippen molar-refractivity contribution < 1.29 is 28.6 Å². The lowest BCUT2D eigenvalue weighted by Gasteiger charge is -2.26. The highest BCUT2D eigenvalue weighted by Crippen LogP contribution is 2.32. The number of allylic oxidation sites excluding steroid dienone is 3. The fourth-order valence-electron chi connectivity index (χ4n) is 4.56. The Morgan fingerprint density at radius 3 is 2.50 bits per heavy atom. The number of aliphatic hydroxyl groups excluding tert-OH is 1. The smallest absolute Gasteiger partial charge is 0.414 e. The molecule has 2 aromatic rings. The number of nitrogens with zero attached hydrogens (tertiary/aromatic N) is 2. The van der Waals surface area contributed by atoms with Crippen molar-refractivity contribution in [3.05, 3.63) is 95.2 Å². The first-order valence-corrected chi connectivity index (χ1v) is 12.6. The summed E-state index contributed by atoms with van der Waals surface area (Å²) in [6.45, 7) is 3.82. The van der Waals surface area contributed by atoms with E-state index in [1.165, 1.54) is 24.8 Å². The number of amides is 3. The molecule has 2 N–H and O–H groups in total. The van der Waals surface area contributed by atoms with Gasteiger partial charge in [-0.1, -0.05) is 60.7 Å². The Hall–Kier alpha value is -3.98. The first-order chi connectivity index (χ1) is 18.2. The van der Waals surface area contributed by atoms with Crippen LogP contribution >= 0.6 is 0 Å². The van der Waals surface area contributed by atoms with Gasteiger partial charge in [0.05, 0.1) is 25.7 Å². The molecule has 3 amide bonds. The molecule has 1 aliphatic carbocycles. The Morgan fingerprint density at radius 2 is 1.87 bits per heavy atom. The van der Waals surface area contributed by atoms with E-state index in [9.17, 15) is 19.5 Å². The molecule has 0 saturated carbocycles. The first-order valence-electron chi connectivity index (χ1n) is 12.6. The summed E-state index contributed by atoms with van der Waals surface area (Å²) >= 11 is 0. The van der Waals surface area contributed by atoms with Crippen LogP contribution in [0, 0.1) is 0 Å². The largest absolute Gasteiger partial charge is 0.442 e. The summed E-state index contributed by atoms with van der Waals surface area (Å²) in [5, 5.41) is 13.4. The molecule has 1 fully saturated rings. The van der Waals surface area contributed by atoms with Crippen LogP contribution in [0.15, 0.2) is 78.5 Å². The van der Waals surface area contributed by atoms with Crippen LogP contribution in [0.4, 0.5) is 9.18 Å². The van der Waals surface area contributed by atoms with Gasteiger partial charge in [0.15, 0.2) is 0 Å². The zero-order valence-corrected chi connectivity index (χ0v) is 21.4. The van der Waals surface area contributed by atoms with Crippen molar-refractivity contribution in [2.24, 2.45) is 0 Å². The Kier molecular flexibility index (Phi) is 8.58. The summed E-state index contributed by atoms with van der Waals surface area (Å²) in [6.07, 6.45) is 1.46. The summed E-state index contributed by atoms with van der Waals surface area (Å²) < 4.78 is 20.4. The number of ether oxygens (including phenoxy) is 1. The number of aliphatic hydroxyl groups is 1. The number of alkyl halides is 1. The van der Waals surface area contributed by atoms with Crippen LogP contribution in [0.3, 0.4) is 0 Å². The van der Waals surface area contributed by atoms with Crippen molar-refractivity contribution in [1.29, 1.82) is 0 Å². The summed E-state index contributed by atoms with van der Waals surface area (Å²) in [6, 6.07) is 16.6. The number of hydrogen-bond donors (Lipinski definition) is 2. The van der Waals surface area contributed by atoms with Gasteiger partial charge in [-0.25, -0.2) is 9.18 Å². The average molecular weight is 522 g/mol. The summed E-state index contributed by atoms with van der Waals surface area (Å²) in [5.74, 6) is -0.904. The maximum Gasteiger partial charge on any atom is 0.414 e. The topological polar surface area (TPSA) is 99.2 Å². The monoisotopic (exact) mass is 521 g/mol. The highest BCUT2D eigenvalue weighted by atomic mass is 19.1. The standard InChI is InChI=1S/C29H32FN3O5/c1-19(34)31-15-25-17-33(29(37)38-25)24-12-13-26(27(30)14-24)22-8-10-23(11-9-22)28(36)18-32(20(2)35)16-21-6-4-3-5-7-21/h3-14,25-28,36H,15-18H2,1-2H3,(H,31,34)/t25-,26?,27?,28+/m0/s1. The van der Waals surface area contributed by atoms with Crippen molar-refractivity contribution >= 4 is 17.9 Å². The van der Waals surface area contributed by atoms with Crippen LogP contribution in [0.2, 0.25) is 0 Å². The molecule has 2 unspecified atom stereocenters. The van der Waals surface area contributed by atoms with Gasteiger partial charge in [-0.15, -0.1) is 0 Å². The number of rotatable bonds is 9. The zero-order valence-electron chi connectivity index (χ0n) is 21.4. The highest BCUT2D eigenvalue weighted by molar-refractivity contribution is 5.75. The number of carbonyl (C=O) groups excluding carboxylic acids is 3. The number of cyclic esters (lactones) is 1. The summed E-state index contributed by atoms with van der Waals surface area (Å²) in [5.41, 5.74) is 2.74. The van der Waals surface area contributed by atoms with Crippen molar-refractivity contribution in [3.8, 4) is 0 Å². The normalized spacial score (nSPS) is 21.5. The Labute approximate surface area is 221 Å². The molecule has 1 heterocycles. The maximum absolute atomic E-state index is 15.2. The van der Waals surface area contributed by atoms with Gasteiger partial charge >= 0.3 is 6.09 Å². The van der Waals surface area contributed by atoms with Gasteiger partial charge in [-0.2, -0.15) is 0 Å². The Balaban J connectivity index is 1.36. The van der Waals surface area contributed by atoms with Crippen molar-refractivity contribution in [1.82, 2.24) is 15.1 Å². The molecule has 200 valence electrons. The number of nitrogens with one attached hydrogen (secondary N) is 1. The SMILES string of the molecule is CC(=O)NC[C@H]1CN(C2=CC(F)C(c3ccc([C@H](O)CN(Cc4ccccc4)C(C)=O)cc3)C=C2)C(=O)O1. The minimum Gasteiger partial charge on any atom is -0.442 e. The van der Waals surface area contributed by atoms with Crippen molar-refractivity contribution in [2.75, 3.05) is 19.6 Å². The molecule has 0 radical (unpaired) electrons. The molecule has 1 saturated heterocycles. The second-order valence-corrected chi connectivity index (χ2v) is 9.54. The predicted octanol–water partition coefficient (Wildman–Crippen LogP) is 3.60. The van der Waals surface area contributed by atoms with Gasteiger partial charge in [-0.3, -0.25) is 14.5 Å². The molecule has 2 aliphatic rings. The number of carbonyl (C=O) groups is 3. The molecular weight excluding hydrogens is 489 g/mol. The molecule has 0 bridgehead atoms. The van der Waals surface area contributed by atoms with Gasteiger partial charge in [0, 0.05) is 32.0 Å². The molecule has 0 spiro atoms. The van der Waals surface area contributed by atoms with E-state index in [-0.39, 0.29) is 31.4 Å². The lowest BCUT2D eigenvalue weighted by molar-refractivity contribution is -0.131. The molecule has 0 aromatic heterocycles. The van der Waals surface area contributed by atoms with E-state index in [1.54, 1.807) is 41.3 Å². The predicted molar refractivity (Wildman–Crippen MR) is 139 cm³/mol. The summed E-state index contributed by atoms with van der Waals surface area (Å²) in [7, 11) is 0. The summed E-state index contributed by atoms with van der Waals surface area (Å²) in [4.78, 5) is 38.5. The molecule has 9 heteroatoms. The maximum atomic E-state index is 15.2. The van der Waals surface area contributed by atoms with E-state index >= 15 is 4.39 Å². The molecule has 1 aliphatic heterocycles. The van der Waals surface area contributed by atoms with E-state index in [2.05, 4.69) is 5.32 Å². The van der Waals surface area contributed by atoms with Crippen LogP contribution < -0.4 is 5.32 Å². The van der Waals surface area contributed by atoms with Gasteiger partial charge in [-0.05, 0) is 28.8 Å². The minimum atomic E-state index is -1.37. The lowest BCUT2D eigenvalue weighted by atomic mass is 9.89. The van der Waals surface area contributed by atoms with E-state index in [0.717, 1.165) is 11.1 Å². The van der Waals surface area contributed by atoms with Gasteiger partial charge in [0.25, 0.3) is 0 Å². The number of halogens is 1. The molecule has 8 nitrogen and oxygen atoms in total. The minimum absolute atomic E-state index is 0.136. The lowest BCUT2D eigenvalue weighted by Crippen LogP contribution is -2.33. The van der Waals surface area contributed by atoms with Crippen LogP contribution in [0.1, 0.15) is 42.6 Å². The fourth-order valence-corrected chi connectivity index (χ4v) is 4.56. The number of hydrogen-bond acceptors (Lipinski definition) is 5. The van der Waals surface area contributed by atoms with Crippen LogP contribution in [-0.2, 0) is 20.9 Å². The van der Waals surface area contributed by atoms with Crippen molar-refractivity contribution in [3.63, 3.8) is 0 Å². The third kappa shape index (κ3) is 6.66. The molecule has 38 heavy (non-hydrogen) atoms. The molecular formula is C29H32FN3O5. The van der Waals surface area contributed by atoms with E-state index in [4.69, 9.17) is 4.74 Å². The Morgan fingerprint density at radius 1 is 1.16 bits per heavy atom. The van der Waals surface area contributed by atoms with Gasteiger partial charge in [0.2, 0.25) is 11.8 Å².